The number of amides is 2. The molecule has 1 atom stereocenters. The van der Waals surface area contributed by atoms with Gasteiger partial charge in [0.2, 0.25) is 0 Å². The van der Waals surface area contributed by atoms with Crippen LogP contribution in [0.1, 0.15) is 26.2 Å². The number of hydrogen-bond acceptors (Lipinski definition) is 2. The van der Waals surface area contributed by atoms with Gasteiger partial charge in [-0.05, 0) is 25.2 Å². The van der Waals surface area contributed by atoms with E-state index in [1.165, 1.54) is 0 Å². The fourth-order valence-corrected chi connectivity index (χ4v) is 1.31. The van der Waals surface area contributed by atoms with Crippen molar-refractivity contribution in [2.45, 2.75) is 32.2 Å². The second-order valence-electron chi connectivity index (χ2n) is 3.67. The number of nitrogens with two attached hydrogens (primary N) is 1. The maximum Gasteiger partial charge on any atom is 0.315 e. The molecule has 5 N–H and O–H groups in total. The van der Waals surface area contributed by atoms with Gasteiger partial charge in [0.05, 0.1) is 6.04 Å². The van der Waals surface area contributed by atoms with Gasteiger partial charge in [-0.3, -0.25) is 5.41 Å². The molecule has 80 valence electrons. The maximum atomic E-state index is 11.3. The number of urea groups is 1. The summed E-state index contributed by atoms with van der Waals surface area (Å²) in [6.07, 6.45) is 3.01. The topological polar surface area (TPSA) is 91.0 Å². The van der Waals surface area contributed by atoms with E-state index < -0.39 is 0 Å². The summed E-state index contributed by atoms with van der Waals surface area (Å²) < 4.78 is 0. The molecule has 0 aliphatic heterocycles. The van der Waals surface area contributed by atoms with Crippen molar-refractivity contribution in [1.29, 1.82) is 5.41 Å². The number of amidine groups is 1. The molecule has 0 radical (unpaired) electrons. The summed E-state index contributed by atoms with van der Waals surface area (Å²) in [6.45, 7) is 2.64. The van der Waals surface area contributed by atoms with Crippen LogP contribution in [0.4, 0.5) is 4.79 Å². The van der Waals surface area contributed by atoms with E-state index in [0.29, 0.717) is 12.5 Å². The van der Waals surface area contributed by atoms with Gasteiger partial charge in [0.25, 0.3) is 0 Å². The fourth-order valence-electron chi connectivity index (χ4n) is 1.31. The minimum atomic E-state index is -0.271. The third-order valence-corrected chi connectivity index (χ3v) is 2.25. The van der Waals surface area contributed by atoms with Crippen molar-refractivity contribution >= 4 is 11.9 Å². The third-order valence-electron chi connectivity index (χ3n) is 2.25. The van der Waals surface area contributed by atoms with Gasteiger partial charge in [-0.1, -0.05) is 6.92 Å². The zero-order valence-electron chi connectivity index (χ0n) is 8.47. The van der Waals surface area contributed by atoms with Crippen molar-refractivity contribution in [3.05, 3.63) is 0 Å². The fraction of sp³-hybridized carbons (Fsp3) is 0.778. The van der Waals surface area contributed by atoms with Gasteiger partial charge in [0.15, 0.2) is 0 Å². The van der Waals surface area contributed by atoms with Crippen molar-refractivity contribution in [3.63, 3.8) is 0 Å². The number of nitrogens with one attached hydrogen (secondary N) is 3. The first kappa shape index (κ1) is 10.8. The highest BCUT2D eigenvalue weighted by molar-refractivity contribution is 5.88. The summed E-state index contributed by atoms with van der Waals surface area (Å²) in [6, 6.07) is -0.495. The van der Waals surface area contributed by atoms with Gasteiger partial charge < -0.3 is 16.4 Å². The molecular formula is C9H18N4O. The van der Waals surface area contributed by atoms with E-state index >= 15 is 0 Å². The van der Waals surface area contributed by atoms with Gasteiger partial charge in [0.1, 0.15) is 5.84 Å². The number of carbonyl (C=O) groups is 1. The van der Waals surface area contributed by atoms with Crippen LogP contribution in [0.15, 0.2) is 0 Å². The lowest BCUT2D eigenvalue weighted by molar-refractivity contribution is 0.238. The summed E-state index contributed by atoms with van der Waals surface area (Å²) in [4.78, 5) is 11.3. The van der Waals surface area contributed by atoms with Crippen molar-refractivity contribution in [3.8, 4) is 0 Å². The second-order valence-corrected chi connectivity index (χ2v) is 3.67. The van der Waals surface area contributed by atoms with Crippen LogP contribution in [0.25, 0.3) is 0 Å². The Morgan fingerprint density at radius 1 is 1.64 bits per heavy atom. The van der Waals surface area contributed by atoms with E-state index in [9.17, 15) is 4.79 Å². The summed E-state index contributed by atoms with van der Waals surface area (Å²) in [7, 11) is 0. The molecule has 0 aromatic rings. The SMILES string of the molecule is CCCNC(=O)NC(C(=N)N)C1CC1. The smallest absolute Gasteiger partial charge is 0.315 e. The Kier molecular flexibility index (Phi) is 3.73. The van der Waals surface area contributed by atoms with Gasteiger partial charge in [-0.2, -0.15) is 0 Å². The minimum Gasteiger partial charge on any atom is -0.386 e. The molecule has 5 heteroatoms. The Morgan fingerprint density at radius 3 is 2.71 bits per heavy atom. The number of rotatable bonds is 5. The average molecular weight is 198 g/mol. The number of hydrogen-bond donors (Lipinski definition) is 4. The van der Waals surface area contributed by atoms with Gasteiger partial charge in [0, 0.05) is 6.54 Å². The predicted molar refractivity (Wildman–Crippen MR) is 55.3 cm³/mol. The Bertz CT molecular complexity index is 225. The summed E-state index contributed by atoms with van der Waals surface area (Å²) in [5, 5.41) is 12.7. The molecule has 0 heterocycles. The molecule has 0 aromatic carbocycles. The molecule has 1 saturated carbocycles. The van der Waals surface area contributed by atoms with E-state index in [1.54, 1.807) is 0 Å². The molecular weight excluding hydrogens is 180 g/mol. The molecule has 0 saturated heterocycles. The van der Waals surface area contributed by atoms with Crippen LogP contribution in [0.3, 0.4) is 0 Å². The normalized spacial score (nSPS) is 17.2. The summed E-state index contributed by atoms with van der Waals surface area (Å²) in [5.41, 5.74) is 5.40. The highest BCUT2D eigenvalue weighted by Crippen LogP contribution is 2.32. The summed E-state index contributed by atoms with van der Waals surface area (Å²) in [5.74, 6) is 0.430. The summed E-state index contributed by atoms with van der Waals surface area (Å²) >= 11 is 0. The Labute approximate surface area is 83.9 Å². The van der Waals surface area contributed by atoms with Crippen LogP contribution in [0.5, 0.6) is 0 Å². The molecule has 1 aliphatic carbocycles. The predicted octanol–water partition coefficient (Wildman–Crippen LogP) is 0.410. The van der Waals surface area contributed by atoms with E-state index in [-0.39, 0.29) is 17.9 Å². The van der Waals surface area contributed by atoms with E-state index in [2.05, 4.69) is 10.6 Å². The van der Waals surface area contributed by atoms with E-state index in [1.807, 2.05) is 6.92 Å². The zero-order valence-corrected chi connectivity index (χ0v) is 8.47. The van der Waals surface area contributed by atoms with Gasteiger partial charge >= 0.3 is 6.03 Å². The molecule has 1 unspecified atom stereocenters. The molecule has 2 amide bonds. The molecule has 14 heavy (non-hydrogen) atoms. The van der Waals surface area contributed by atoms with Gasteiger partial charge in [-0.25, -0.2) is 4.79 Å². The maximum absolute atomic E-state index is 11.3. The molecule has 0 spiro atoms. The van der Waals surface area contributed by atoms with Crippen LogP contribution in [-0.4, -0.2) is 24.5 Å². The third kappa shape index (κ3) is 3.24. The first-order chi connectivity index (χ1) is 6.65. The van der Waals surface area contributed by atoms with Crippen molar-refractivity contribution in [2.75, 3.05) is 6.54 Å². The Morgan fingerprint density at radius 2 is 2.29 bits per heavy atom. The lowest BCUT2D eigenvalue weighted by Crippen LogP contribution is -2.49. The Balaban J connectivity index is 2.31. The van der Waals surface area contributed by atoms with Crippen LogP contribution in [0, 0.1) is 11.3 Å². The lowest BCUT2D eigenvalue weighted by Gasteiger charge is -2.16. The van der Waals surface area contributed by atoms with Crippen molar-refractivity contribution in [1.82, 2.24) is 10.6 Å². The highest BCUT2D eigenvalue weighted by Gasteiger charge is 2.34. The van der Waals surface area contributed by atoms with Crippen LogP contribution in [-0.2, 0) is 0 Å². The van der Waals surface area contributed by atoms with E-state index in [0.717, 1.165) is 19.3 Å². The van der Waals surface area contributed by atoms with Crippen LogP contribution >= 0.6 is 0 Å². The molecule has 0 aromatic heterocycles. The minimum absolute atomic E-state index is 0.0548. The van der Waals surface area contributed by atoms with Crippen molar-refractivity contribution < 1.29 is 4.79 Å². The second kappa shape index (κ2) is 4.83. The average Bonchev–Trinajstić information content (AvgIpc) is 2.93. The molecule has 5 nitrogen and oxygen atoms in total. The zero-order chi connectivity index (χ0) is 10.6. The largest absolute Gasteiger partial charge is 0.386 e. The van der Waals surface area contributed by atoms with Crippen LogP contribution < -0.4 is 16.4 Å². The lowest BCUT2D eigenvalue weighted by atomic mass is 10.2. The first-order valence-corrected chi connectivity index (χ1v) is 5.03. The van der Waals surface area contributed by atoms with Gasteiger partial charge in [-0.15, -0.1) is 0 Å². The first-order valence-electron chi connectivity index (χ1n) is 5.03. The quantitative estimate of drug-likeness (QED) is 0.380. The van der Waals surface area contributed by atoms with E-state index in [4.69, 9.17) is 11.1 Å². The monoisotopic (exact) mass is 198 g/mol. The van der Waals surface area contributed by atoms with Crippen molar-refractivity contribution in [2.24, 2.45) is 11.7 Å². The number of carbonyl (C=O) groups excluding carboxylic acids is 1. The standard InChI is InChI=1S/C9H18N4O/c1-2-5-12-9(14)13-7(8(10)11)6-3-4-6/h6-7H,2-5H2,1H3,(H3,10,11)(H2,12,13,14). The molecule has 1 aliphatic rings. The molecule has 1 rings (SSSR count). The molecule has 1 fully saturated rings. The molecule has 0 bridgehead atoms. The Hall–Kier alpha value is -1.26. The van der Waals surface area contributed by atoms with Crippen LogP contribution in [0.2, 0.25) is 0 Å². The highest BCUT2D eigenvalue weighted by atomic mass is 16.2.